The molecule has 0 radical (unpaired) electrons. The van der Waals surface area contributed by atoms with E-state index in [2.05, 4.69) is 120 Å². The number of benzene rings is 4. The molecule has 0 fully saturated rings. The Bertz CT molecular complexity index is 1550. The number of hydrogen-bond acceptors (Lipinski definition) is 0. The van der Waals surface area contributed by atoms with E-state index in [1.165, 1.54) is 50.1 Å². The van der Waals surface area contributed by atoms with Crippen LogP contribution in [0.2, 0.25) is 13.1 Å². The van der Waals surface area contributed by atoms with Gasteiger partial charge in [0.15, 0.2) is 0 Å². The Morgan fingerprint density at radius 2 is 1.31 bits per heavy atom. The Hall–Kier alpha value is -1.70. The second kappa shape index (κ2) is 12.0. The number of halogens is 2. The third-order valence-electron chi connectivity index (χ3n) is 8.31. The maximum absolute atomic E-state index is 2.58. The molecule has 2 unspecified atom stereocenters. The van der Waals surface area contributed by atoms with Crippen molar-refractivity contribution in [2.24, 2.45) is 0 Å². The van der Waals surface area contributed by atoms with E-state index in [0.717, 1.165) is 6.42 Å². The largest absolute Gasteiger partial charge is 1.00 e. The van der Waals surface area contributed by atoms with Gasteiger partial charge in [-0.25, -0.2) is 0 Å². The van der Waals surface area contributed by atoms with Crippen molar-refractivity contribution in [1.29, 1.82) is 0 Å². The van der Waals surface area contributed by atoms with Gasteiger partial charge in [-0.05, 0) is 0 Å². The van der Waals surface area contributed by atoms with Crippen LogP contribution in [0.4, 0.5) is 0 Å². The normalized spacial score (nSPS) is 16.4. The molecule has 2 aliphatic carbocycles. The first-order chi connectivity index (χ1) is 17.9. The van der Waals surface area contributed by atoms with E-state index in [1.807, 2.05) is 0 Å². The zero-order chi connectivity index (χ0) is 25.8. The quantitative estimate of drug-likeness (QED) is 0.292. The summed E-state index contributed by atoms with van der Waals surface area (Å²) in [5, 5.41) is 0. The third-order valence-corrected chi connectivity index (χ3v) is 18.2. The molecule has 0 saturated carbocycles. The van der Waals surface area contributed by atoms with Crippen molar-refractivity contribution < 1.29 is 47.2 Å². The first-order valence-electron chi connectivity index (χ1n) is 13.8. The van der Waals surface area contributed by atoms with Crippen molar-refractivity contribution in [2.75, 3.05) is 0 Å². The van der Waals surface area contributed by atoms with Crippen LogP contribution in [0.15, 0.2) is 78.4 Å². The molecule has 0 bridgehead atoms. The summed E-state index contributed by atoms with van der Waals surface area (Å²) in [7, 11) is 0. The zero-order valence-electron chi connectivity index (χ0n) is 23.7. The average molecular weight is 647 g/mol. The Morgan fingerprint density at radius 1 is 0.718 bits per heavy atom. The van der Waals surface area contributed by atoms with Gasteiger partial charge >= 0.3 is 236 Å². The van der Waals surface area contributed by atoms with Crippen LogP contribution in [-0.2, 0) is 22.4 Å². The summed E-state index contributed by atoms with van der Waals surface area (Å²) in [6.45, 7) is 14.3. The molecule has 4 aromatic carbocycles. The number of hydrogen-bond donors (Lipinski definition) is 0. The Kier molecular flexibility index (Phi) is 9.34. The van der Waals surface area contributed by atoms with Crippen LogP contribution >= 0.6 is 0 Å². The molecular weight excluding hydrogens is 611 g/mol. The molecule has 2 aliphatic rings. The monoisotopic (exact) mass is 644 g/mol. The summed E-state index contributed by atoms with van der Waals surface area (Å²) in [6, 6.07) is 28.2. The second-order valence-corrected chi connectivity index (χ2v) is 26.3. The van der Waals surface area contributed by atoms with E-state index in [-0.39, 0.29) is 24.8 Å². The standard InChI is InChI=1S/C33H29.C2H7Si.2ClH.Zr/c1-5-23-18-31-27(32-21(3)16-20(2)17-22(32)4)13-9-15-29(31)33(23)28-14-8-12-26-25-11-7-6-10-24(25)19-30(26)28;1-3-2;;;/h6-19,33H,5H2,1-4H3;3H,1-2H3;2*1H;/q;;;;+2/p-2. The summed E-state index contributed by atoms with van der Waals surface area (Å²) >= 11 is -0.526. The number of aryl methyl sites for hydroxylation is 3. The Balaban J connectivity index is 0.00000176. The van der Waals surface area contributed by atoms with E-state index in [9.17, 15) is 0 Å². The summed E-state index contributed by atoms with van der Waals surface area (Å²) in [6.07, 6.45) is 3.63. The van der Waals surface area contributed by atoms with Crippen LogP contribution in [0.5, 0.6) is 0 Å². The summed E-state index contributed by atoms with van der Waals surface area (Å²) in [4.78, 5) is 0. The van der Waals surface area contributed by atoms with Gasteiger partial charge in [0.1, 0.15) is 0 Å². The molecule has 0 aromatic heterocycles. The number of allylic oxidation sites excluding steroid dienone is 1. The van der Waals surface area contributed by atoms with Crippen molar-refractivity contribution in [3.05, 3.63) is 123 Å². The molecule has 0 amide bonds. The zero-order valence-corrected chi connectivity index (χ0v) is 28.8. The van der Waals surface area contributed by atoms with Gasteiger partial charge in [-0.15, -0.1) is 0 Å². The van der Waals surface area contributed by atoms with Gasteiger partial charge in [0.2, 0.25) is 0 Å². The van der Waals surface area contributed by atoms with E-state index in [0.29, 0.717) is 9.54 Å². The molecular formula is C35H36Cl2SiZr. The van der Waals surface area contributed by atoms with Crippen LogP contribution in [0.25, 0.3) is 28.3 Å². The van der Waals surface area contributed by atoms with Crippen LogP contribution < -0.4 is 24.8 Å². The van der Waals surface area contributed by atoms with E-state index in [1.54, 1.807) is 22.3 Å². The fraction of sp³-hybridized carbons (Fsp3) is 0.257. The van der Waals surface area contributed by atoms with Crippen molar-refractivity contribution >= 4 is 12.0 Å². The maximum Gasteiger partial charge on any atom is -1.00 e. The number of fused-ring (bicyclic) bond motifs is 4. The minimum absolute atomic E-state index is 0. The molecule has 0 saturated heterocycles. The summed E-state index contributed by atoms with van der Waals surface area (Å²) < 4.78 is 0.699. The van der Waals surface area contributed by atoms with Gasteiger partial charge < -0.3 is 24.8 Å². The molecule has 4 heteroatoms. The molecule has 0 aliphatic heterocycles. The van der Waals surface area contributed by atoms with Gasteiger partial charge in [0, 0.05) is 0 Å². The number of rotatable bonds is 5. The first-order valence-corrected chi connectivity index (χ1v) is 22.3. The molecule has 0 heterocycles. The van der Waals surface area contributed by atoms with Gasteiger partial charge in [-0.3, -0.25) is 0 Å². The van der Waals surface area contributed by atoms with Crippen LogP contribution in [0.3, 0.4) is 0 Å². The van der Waals surface area contributed by atoms with Crippen LogP contribution in [0.1, 0.15) is 67.4 Å². The van der Waals surface area contributed by atoms with Crippen molar-refractivity contribution in [1.82, 2.24) is 0 Å². The third kappa shape index (κ3) is 5.12. The first kappa shape index (κ1) is 30.3. The predicted molar refractivity (Wildman–Crippen MR) is 159 cm³/mol. The molecule has 0 N–H and O–H groups in total. The van der Waals surface area contributed by atoms with E-state index >= 15 is 0 Å². The van der Waals surface area contributed by atoms with Crippen molar-refractivity contribution in [3.63, 3.8) is 0 Å². The topological polar surface area (TPSA) is 0 Å². The minimum atomic E-state index is -0.595. The molecule has 0 nitrogen and oxygen atoms in total. The molecule has 4 aromatic rings. The average Bonchev–Trinajstić information content (AvgIpc) is 3.40. The molecule has 2 atom stereocenters. The Labute approximate surface area is 259 Å². The molecule has 0 spiro atoms. The van der Waals surface area contributed by atoms with Crippen molar-refractivity contribution in [3.8, 4) is 22.3 Å². The summed E-state index contributed by atoms with van der Waals surface area (Å²) in [5.41, 5.74) is 19.3. The fourth-order valence-electron chi connectivity index (χ4n) is 7.01. The fourth-order valence-corrected chi connectivity index (χ4v) is 16.9. The van der Waals surface area contributed by atoms with E-state index < -0.39 is 28.3 Å². The predicted octanol–water partition coefficient (Wildman–Crippen LogP) is 3.36. The molecule has 39 heavy (non-hydrogen) atoms. The SMILES string of the molecule is CCC1=Cc2c(-c3c(C)cc(C)cc3C)cccc2C1c1cccc2c1[CH]([Zr+2][SiH](C)C)c1ccccc1-2.[Cl-].[Cl-]. The van der Waals surface area contributed by atoms with Gasteiger partial charge in [0.25, 0.3) is 0 Å². The minimum Gasteiger partial charge on any atom is -1.00 e. The second-order valence-electron chi connectivity index (χ2n) is 11.2. The maximum atomic E-state index is 2.58. The Morgan fingerprint density at radius 3 is 1.97 bits per heavy atom. The van der Waals surface area contributed by atoms with Gasteiger partial charge in [-0.2, -0.15) is 0 Å². The molecule has 6 rings (SSSR count). The van der Waals surface area contributed by atoms with Gasteiger partial charge in [0.05, 0.1) is 0 Å². The molecule has 198 valence electrons. The van der Waals surface area contributed by atoms with Gasteiger partial charge in [-0.1, -0.05) is 0 Å². The van der Waals surface area contributed by atoms with Crippen LogP contribution in [0, 0.1) is 20.8 Å². The summed E-state index contributed by atoms with van der Waals surface area (Å²) in [5.74, 6) is -0.229. The van der Waals surface area contributed by atoms with E-state index in [4.69, 9.17) is 0 Å². The van der Waals surface area contributed by atoms with Crippen molar-refractivity contribution in [2.45, 2.75) is 56.8 Å². The smallest absolute Gasteiger partial charge is 1.00 e. The van der Waals surface area contributed by atoms with Crippen LogP contribution in [-0.4, -0.2) is 5.92 Å².